The molecule has 0 unspecified atom stereocenters. The Bertz CT molecular complexity index is 1110. The van der Waals surface area contributed by atoms with Crippen molar-refractivity contribution in [3.8, 4) is 0 Å². The van der Waals surface area contributed by atoms with Crippen LogP contribution in [0.1, 0.15) is 37.4 Å². The second kappa shape index (κ2) is 10.3. The first-order valence-corrected chi connectivity index (χ1v) is 11.0. The molecule has 33 heavy (non-hydrogen) atoms. The summed E-state index contributed by atoms with van der Waals surface area (Å²) in [6.07, 6.45) is 0.480. The normalized spacial score (nSPS) is 17.7. The maximum atomic E-state index is 13.0. The fourth-order valence-corrected chi connectivity index (χ4v) is 4.12. The van der Waals surface area contributed by atoms with Gasteiger partial charge in [0.25, 0.3) is 17.4 Å². The lowest BCUT2D eigenvalue weighted by Crippen LogP contribution is -2.31. The molecule has 3 rings (SSSR count). The highest BCUT2D eigenvalue weighted by molar-refractivity contribution is 6.47. The van der Waals surface area contributed by atoms with Gasteiger partial charge in [0.1, 0.15) is 5.76 Å². The number of rotatable bonds is 8. The van der Waals surface area contributed by atoms with Crippen LogP contribution in [-0.4, -0.2) is 45.9 Å². The molecule has 1 aliphatic heterocycles. The summed E-state index contributed by atoms with van der Waals surface area (Å²) in [6.45, 7) is 4.36. The predicted molar refractivity (Wildman–Crippen MR) is 124 cm³/mol. The lowest BCUT2D eigenvalue weighted by molar-refractivity contribution is -0.384. The SMILES string of the molecule is CC(C)OCCCN1C(=O)C(=O)C(=C(O)c2ccc([N+](=O)[O-])cc2)[C@H]1c1ccc(Cl)cc1Cl. The van der Waals surface area contributed by atoms with Gasteiger partial charge in [0.15, 0.2) is 0 Å². The van der Waals surface area contributed by atoms with Gasteiger partial charge in [-0.3, -0.25) is 19.7 Å². The summed E-state index contributed by atoms with van der Waals surface area (Å²) < 4.78 is 5.54. The standard InChI is InChI=1S/C23H22Cl2N2O6/c1-13(2)33-11-3-10-26-20(17-9-6-15(24)12-18(17)25)19(22(29)23(26)30)21(28)14-4-7-16(8-5-14)27(31)32/h4-9,12-13,20,28H,3,10-11H2,1-2H3/t20-/m1/s1. The molecule has 0 aliphatic carbocycles. The van der Waals surface area contributed by atoms with Crippen molar-refractivity contribution in [3.05, 3.63) is 79.3 Å². The number of hydrogen-bond acceptors (Lipinski definition) is 6. The summed E-state index contributed by atoms with van der Waals surface area (Å²) in [5.74, 6) is -2.09. The van der Waals surface area contributed by atoms with Gasteiger partial charge in [-0.15, -0.1) is 0 Å². The van der Waals surface area contributed by atoms with Crippen LogP contribution in [0.2, 0.25) is 10.0 Å². The highest BCUT2D eigenvalue weighted by Gasteiger charge is 2.46. The van der Waals surface area contributed by atoms with E-state index in [1.54, 1.807) is 12.1 Å². The molecule has 174 valence electrons. The molecule has 1 heterocycles. The molecular weight excluding hydrogens is 471 g/mol. The van der Waals surface area contributed by atoms with E-state index in [-0.39, 0.29) is 34.5 Å². The van der Waals surface area contributed by atoms with Crippen LogP contribution >= 0.6 is 23.2 Å². The number of carbonyl (C=O) groups excluding carboxylic acids is 2. The number of nitrogens with zero attached hydrogens (tertiary/aromatic N) is 2. The number of Topliss-reactive ketones (excluding diaryl/α,β-unsaturated/α-hetero) is 1. The second-order valence-electron chi connectivity index (χ2n) is 7.74. The van der Waals surface area contributed by atoms with Crippen LogP contribution in [0.4, 0.5) is 5.69 Å². The van der Waals surface area contributed by atoms with Gasteiger partial charge >= 0.3 is 0 Å². The van der Waals surface area contributed by atoms with Crippen molar-refractivity contribution < 1.29 is 24.4 Å². The van der Waals surface area contributed by atoms with E-state index in [1.165, 1.54) is 35.2 Å². The van der Waals surface area contributed by atoms with Gasteiger partial charge in [0.05, 0.1) is 22.6 Å². The largest absolute Gasteiger partial charge is 0.507 e. The monoisotopic (exact) mass is 492 g/mol. The van der Waals surface area contributed by atoms with E-state index in [9.17, 15) is 24.8 Å². The highest BCUT2D eigenvalue weighted by Crippen LogP contribution is 2.42. The topological polar surface area (TPSA) is 110 Å². The molecule has 1 atom stereocenters. The summed E-state index contributed by atoms with van der Waals surface area (Å²) in [5, 5.41) is 22.5. The van der Waals surface area contributed by atoms with Gasteiger partial charge in [-0.05, 0) is 50.1 Å². The number of aliphatic hydroxyl groups is 1. The van der Waals surface area contributed by atoms with E-state index in [0.29, 0.717) is 23.6 Å². The Labute approximate surface area is 200 Å². The van der Waals surface area contributed by atoms with Gasteiger partial charge in [-0.25, -0.2) is 0 Å². The lowest BCUT2D eigenvalue weighted by atomic mass is 9.95. The molecule has 2 aromatic carbocycles. The Morgan fingerprint density at radius 2 is 1.85 bits per heavy atom. The minimum Gasteiger partial charge on any atom is -0.507 e. The molecule has 1 fully saturated rings. The van der Waals surface area contributed by atoms with Crippen LogP contribution in [0, 0.1) is 10.1 Å². The minimum atomic E-state index is -0.955. The van der Waals surface area contributed by atoms with Gasteiger partial charge in [0.2, 0.25) is 0 Å². The molecule has 2 aromatic rings. The molecule has 1 aliphatic rings. The Morgan fingerprint density at radius 3 is 2.42 bits per heavy atom. The second-order valence-corrected chi connectivity index (χ2v) is 8.58. The number of nitro benzene ring substituents is 1. The van der Waals surface area contributed by atoms with Crippen LogP contribution in [0.15, 0.2) is 48.0 Å². The lowest BCUT2D eigenvalue weighted by Gasteiger charge is -2.26. The molecule has 10 heteroatoms. The molecule has 1 amide bonds. The highest BCUT2D eigenvalue weighted by atomic mass is 35.5. The van der Waals surface area contributed by atoms with Crippen molar-refractivity contribution >= 4 is 46.3 Å². The summed E-state index contributed by atoms with van der Waals surface area (Å²) in [7, 11) is 0. The summed E-state index contributed by atoms with van der Waals surface area (Å²) in [5.41, 5.74) is 0.266. The molecule has 8 nitrogen and oxygen atoms in total. The van der Waals surface area contributed by atoms with Crippen LogP contribution in [0.3, 0.4) is 0 Å². The predicted octanol–water partition coefficient (Wildman–Crippen LogP) is 5.14. The van der Waals surface area contributed by atoms with Crippen LogP contribution in [0.5, 0.6) is 0 Å². The third kappa shape index (κ3) is 5.35. The average Bonchev–Trinajstić information content (AvgIpc) is 3.01. The minimum absolute atomic E-state index is 0.0176. The number of amides is 1. The molecule has 1 N–H and O–H groups in total. The quantitative estimate of drug-likeness (QED) is 0.136. The van der Waals surface area contributed by atoms with Crippen molar-refractivity contribution in [2.24, 2.45) is 0 Å². The van der Waals surface area contributed by atoms with E-state index in [1.807, 2.05) is 13.8 Å². The van der Waals surface area contributed by atoms with E-state index in [4.69, 9.17) is 27.9 Å². The van der Waals surface area contributed by atoms with Crippen LogP contribution < -0.4 is 0 Å². The van der Waals surface area contributed by atoms with E-state index in [2.05, 4.69) is 0 Å². The van der Waals surface area contributed by atoms with Gasteiger partial charge in [-0.1, -0.05) is 29.3 Å². The number of benzene rings is 2. The summed E-state index contributed by atoms with van der Waals surface area (Å²) in [4.78, 5) is 37.6. The fourth-order valence-electron chi connectivity index (χ4n) is 3.61. The molecular formula is C23H22Cl2N2O6. The molecule has 0 radical (unpaired) electrons. The van der Waals surface area contributed by atoms with Gasteiger partial charge in [0, 0.05) is 40.9 Å². The number of aliphatic hydroxyl groups excluding tert-OH is 1. The Balaban J connectivity index is 2.07. The van der Waals surface area contributed by atoms with Crippen molar-refractivity contribution in [2.75, 3.05) is 13.2 Å². The number of non-ortho nitro benzene ring substituents is 1. The number of nitro groups is 1. The molecule has 1 saturated heterocycles. The fraction of sp³-hybridized carbons (Fsp3) is 0.304. The van der Waals surface area contributed by atoms with Gasteiger partial charge < -0.3 is 14.7 Å². The Morgan fingerprint density at radius 1 is 1.18 bits per heavy atom. The summed E-state index contributed by atoms with van der Waals surface area (Å²) >= 11 is 12.4. The van der Waals surface area contributed by atoms with Crippen molar-refractivity contribution in [2.45, 2.75) is 32.4 Å². The van der Waals surface area contributed by atoms with E-state index >= 15 is 0 Å². The third-order valence-corrected chi connectivity index (χ3v) is 5.71. The number of ketones is 1. The van der Waals surface area contributed by atoms with E-state index < -0.39 is 28.4 Å². The molecule has 0 spiro atoms. The van der Waals surface area contributed by atoms with Crippen molar-refractivity contribution in [3.63, 3.8) is 0 Å². The zero-order valence-electron chi connectivity index (χ0n) is 18.0. The maximum absolute atomic E-state index is 13.0. The zero-order chi connectivity index (χ0) is 24.3. The number of hydrogen-bond donors (Lipinski definition) is 1. The van der Waals surface area contributed by atoms with Crippen LogP contribution in [-0.2, 0) is 14.3 Å². The van der Waals surface area contributed by atoms with Crippen molar-refractivity contribution in [1.29, 1.82) is 0 Å². The molecule has 0 saturated carbocycles. The van der Waals surface area contributed by atoms with E-state index in [0.717, 1.165) is 0 Å². The molecule has 0 aromatic heterocycles. The van der Waals surface area contributed by atoms with Gasteiger partial charge in [-0.2, -0.15) is 0 Å². The number of halogens is 2. The Kier molecular flexibility index (Phi) is 7.73. The van der Waals surface area contributed by atoms with Crippen LogP contribution in [0.25, 0.3) is 5.76 Å². The number of carbonyl (C=O) groups is 2. The third-order valence-electron chi connectivity index (χ3n) is 5.14. The number of ether oxygens (including phenoxy) is 1. The molecule has 0 bridgehead atoms. The number of likely N-dealkylation sites (tertiary alicyclic amines) is 1. The zero-order valence-corrected chi connectivity index (χ0v) is 19.5. The summed E-state index contributed by atoms with van der Waals surface area (Å²) in [6, 6.07) is 8.77. The Hall–Kier alpha value is -2.94. The first-order chi connectivity index (χ1) is 15.6. The average molecular weight is 493 g/mol. The first-order valence-electron chi connectivity index (χ1n) is 10.2. The smallest absolute Gasteiger partial charge is 0.295 e. The maximum Gasteiger partial charge on any atom is 0.295 e. The first kappa shape index (κ1) is 24.7. The van der Waals surface area contributed by atoms with Crippen molar-refractivity contribution in [1.82, 2.24) is 4.90 Å².